The number of para-hydroxylation sites is 1. The van der Waals surface area contributed by atoms with Crippen molar-refractivity contribution in [1.29, 1.82) is 0 Å². The second-order valence-electron chi connectivity index (χ2n) is 7.53. The van der Waals surface area contributed by atoms with Gasteiger partial charge in [-0.25, -0.2) is 0 Å². The van der Waals surface area contributed by atoms with Crippen LogP contribution in [0.25, 0.3) is 0 Å². The van der Waals surface area contributed by atoms with Crippen molar-refractivity contribution in [3.05, 3.63) is 58.1 Å². The third kappa shape index (κ3) is 6.87. The van der Waals surface area contributed by atoms with Crippen molar-refractivity contribution in [3.63, 3.8) is 0 Å². The number of rotatable bonds is 8. The zero-order valence-corrected chi connectivity index (χ0v) is 18.8. The van der Waals surface area contributed by atoms with Gasteiger partial charge in [-0.15, -0.1) is 0 Å². The molecule has 0 aliphatic rings. The minimum atomic E-state index is -0.353. The second kappa shape index (κ2) is 10.4. The fourth-order valence-corrected chi connectivity index (χ4v) is 3.06. The molecule has 29 heavy (non-hydrogen) atoms. The van der Waals surface area contributed by atoms with E-state index < -0.39 is 0 Å². The van der Waals surface area contributed by atoms with Crippen molar-refractivity contribution < 1.29 is 19.1 Å². The molecule has 2 amide bonds. The molecule has 2 rings (SSSR count). The van der Waals surface area contributed by atoms with E-state index in [1.54, 1.807) is 31.4 Å². The Labute approximate surface area is 180 Å². The van der Waals surface area contributed by atoms with E-state index in [0.29, 0.717) is 30.2 Å². The van der Waals surface area contributed by atoms with Gasteiger partial charge in [0.05, 0.1) is 22.3 Å². The number of ether oxygens (including phenoxy) is 2. The largest absolute Gasteiger partial charge is 0.483 e. The van der Waals surface area contributed by atoms with Crippen LogP contribution in [0.5, 0.6) is 5.75 Å². The van der Waals surface area contributed by atoms with Gasteiger partial charge in [0.1, 0.15) is 5.75 Å². The Morgan fingerprint density at radius 3 is 2.48 bits per heavy atom. The van der Waals surface area contributed by atoms with Crippen LogP contribution in [-0.2, 0) is 14.9 Å². The maximum Gasteiger partial charge on any atom is 0.262 e. The normalized spacial score (nSPS) is 11.1. The van der Waals surface area contributed by atoms with Gasteiger partial charge in [-0.1, -0.05) is 39.0 Å². The van der Waals surface area contributed by atoms with Crippen LogP contribution in [0.4, 0.5) is 5.69 Å². The number of amides is 2. The standard InChI is InChI=1S/C22H27BrN2O4/c1-22(2,3)15-9-10-19(17(23)13-15)29-14-20(26)25-18-8-6-5-7-16(18)21(27)24-11-12-28-4/h5-10,13H,11-12,14H2,1-4H3,(H,24,27)(H,25,26). The number of carbonyl (C=O) groups excluding carboxylic acids is 2. The Hall–Kier alpha value is -2.38. The number of hydrogen-bond donors (Lipinski definition) is 2. The summed E-state index contributed by atoms with van der Waals surface area (Å²) in [7, 11) is 1.56. The van der Waals surface area contributed by atoms with Gasteiger partial charge in [0.25, 0.3) is 11.8 Å². The molecule has 0 radical (unpaired) electrons. The zero-order valence-electron chi connectivity index (χ0n) is 17.2. The number of methoxy groups -OCH3 is 1. The first kappa shape index (κ1) is 22.9. The van der Waals surface area contributed by atoms with Gasteiger partial charge < -0.3 is 20.1 Å². The molecule has 0 unspecified atom stereocenters. The molecule has 0 aromatic heterocycles. The van der Waals surface area contributed by atoms with Crippen molar-refractivity contribution in [3.8, 4) is 5.75 Å². The fourth-order valence-electron chi connectivity index (χ4n) is 2.57. The van der Waals surface area contributed by atoms with E-state index in [9.17, 15) is 9.59 Å². The molecule has 0 saturated carbocycles. The minimum absolute atomic E-state index is 0.0198. The van der Waals surface area contributed by atoms with Gasteiger partial charge in [-0.05, 0) is 51.2 Å². The van der Waals surface area contributed by atoms with Crippen LogP contribution in [0.1, 0.15) is 36.7 Å². The molecule has 0 aliphatic carbocycles. The Kier molecular flexibility index (Phi) is 8.22. The summed E-state index contributed by atoms with van der Waals surface area (Å²) in [6.45, 7) is 7.02. The van der Waals surface area contributed by atoms with Gasteiger partial charge in [-0.2, -0.15) is 0 Å². The lowest BCUT2D eigenvalue weighted by molar-refractivity contribution is -0.118. The van der Waals surface area contributed by atoms with Crippen molar-refractivity contribution in [2.45, 2.75) is 26.2 Å². The molecule has 6 nitrogen and oxygen atoms in total. The number of halogens is 1. The predicted molar refractivity (Wildman–Crippen MR) is 118 cm³/mol. The summed E-state index contributed by atoms with van der Waals surface area (Å²) in [4.78, 5) is 24.7. The first-order valence-corrected chi connectivity index (χ1v) is 10.1. The number of nitrogens with one attached hydrogen (secondary N) is 2. The summed E-state index contributed by atoms with van der Waals surface area (Å²) in [5.41, 5.74) is 1.99. The maximum absolute atomic E-state index is 12.4. The Balaban J connectivity index is 1.99. The smallest absolute Gasteiger partial charge is 0.262 e. The quantitative estimate of drug-likeness (QED) is 0.577. The molecule has 0 spiro atoms. The lowest BCUT2D eigenvalue weighted by Gasteiger charge is -2.20. The van der Waals surface area contributed by atoms with Crippen LogP contribution in [-0.4, -0.2) is 38.7 Å². The lowest BCUT2D eigenvalue weighted by Crippen LogP contribution is -2.29. The number of benzene rings is 2. The molecule has 0 bridgehead atoms. The maximum atomic E-state index is 12.4. The van der Waals surface area contributed by atoms with E-state index >= 15 is 0 Å². The highest BCUT2D eigenvalue weighted by molar-refractivity contribution is 9.10. The summed E-state index contributed by atoms with van der Waals surface area (Å²) >= 11 is 3.50. The lowest BCUT2D eigenvalue weighted by atomic mass is 9.87. The minimum Gasteiger partial charge on any atom is -0.483 e. The molecule has 2 aromatic rings. The second-order valence-corrected chi connectivity index (χ2v) is 8.38. The van der Waals surface area contributed by atoms with Crippen molar-refractivity contribution in [2.75, 3.05) is 32.2 Å². The van der Waals surface area contributed by atoms with Crippen LogP contribution < -0.4 is 15.4 Å². The van der Waals surface area contributed by atoms with E-state index in [1.807, 2.05) is 18.2 Å². The first-order chi connectivity index (χ1) is 13.7. The SMILES string of the molecule is COCCNC(=O)c1ccccc1NC(=O)COc1ccc(C(C)(C)C)cc1Br. The molecule has 156 valence electrons. The van der Waals surface area contributed by atoms with Crippen molar-refractivity contribution >= 4 is 33.4 Å². The van der Waals surface area contributed by atoms with E-state index in [1.165, 1.54) is 0 Å². The number of anilines is 1. The van der Waals surface area contributed by atoms with E-state index in [0.717, 1.165) is 10.0 Å². The highest BCUT2D eigenvalue weighted by Gasteiger charge is 2.16. The Morgan fingerprint density at radius 2 is 1.83 bits per heavy atom. The predicted octanol–water partition coefficient (Wildman–Crippen LogP) is 4.14. The third-order valence-corrected chi connectivity index (χ3v) is 4.81. The number of hydrogen-bond acceptors (Lipinski definition) is 4. The monoisotopic (exact) mass is 462 g/mol. The molecular formula is C22H27BrN2O4. The van der Waals surface area contributed by atoms with Gasteiger partial charge in [0.2, 0.25) is 0 Å². The summed E-state index contributed by atoms with van der Waals surface area (Å²) in [5, 5.41) is 5.48. The van der Waals surface area contributed by atoms with Gasteiger partial charge in [-0.3, -0.25) is 9.59 Å². The van der Waals surface area contributed by atoms with Crippen LogP contribution in [0.3, 0.4) is 0 Å². The zero-order chi connectivity index (χ0) is 21.4. The van der Waals surface area contributed by atoms with Gasteiger partial charge in [0, 0.05) is 13.7 Å². The van der Waals surface area contributed by atoms with Gasteiger partial charge >= 0.3 is 0 Å². The van der Waals surface area contributed by atoms with Crippen molar-refractivity contribution in [2.24, 2.45) is 0 Å². The molecule has 0 saturated heterocycles. The average molecular weight is 463 g/mol. The van der Waals surface area contributed by atoms with Crippen LogP contribution in [0.15, 0.2) is 46.9 Å². The molecular weight excluding hydrogens is 436 g/mol. The topological polar surface area (TPSA) is 76.7 Å². The molecule has 7 heteroatoms. The third-order valence-electron chi connectivity index (χ3n) is 4.19. The fraction of sp³-hybridized carbons (Fsp3) is 0.364. The highest BCUT2D eigenvalue weighted by atomic mass is 79.9. The molecule has 0 fully saturated rings. The van der Waals surface area contributed by atoms with Crippen LogP contribution in [0.2, 0.25) is 0 Å². The Morgan fingerprint density at radius 1 is 1.10 bits per heavy atom. The highest BCUT2D eigenvalue weighted by Crippen LogP contribution is 2.31. The Bertz CT molecular complexity index is 862. The summed E-state index contributed by atoms with van der Waals surface area (Å²) < 4.78 is 11.4. The molecule has 2 aromatic carbocycles. The molecule has 0 heterocycles. The average Bonchev–Trinajstić information content (AvgIpc) is 2.66. The first-order valence-electron chi connectivity index (χ1n) is 9.31. The van der Waals surface area contributed by atoms with E-state index in [4.69, 9.17) is 9.47 Å². The number of carbonyl (C=O) groups is 2. The summed E-state index contributed by atoms with van der Waals surface area (Å²) in [5.74, 6) is -0.0490. The van der Waals surface area contributed by atoms with Crippen LogP contribution in [0, 0.1) is 0 Å². The van der Waals surface area contributed by atoms with E-state index in [-0.39, 0.29) is 23.8 Å². The van der Waals surface area contributed by atoms with Crippen molar-refractivity contribution in [1.82, 2.24) is 5.32 Å². The van der Waals surface area contributed by atoms with Gasteiger partial charge in [0.15, 0.2) is 6.61 Å². The summed E-state index contributed by atoms with van der Waals surface area (Å²) in [6.07, 6.45) is 0. The van der Waals surface area contributed by atoms with E-state index in [2.05, 4.69) is 47.3 Å². The molecule has 2 N–H and O–H groups in total. The van der Waals surface area contributed by atoms with Crippen LogP contribution >= 0.6 is 15.9 Å². The molecule has 0 atom stereocenters. The summed E-state index contributed by atoms with van der Waals surface area (Å²) in [6, 6.07) is 12.6. The molecule has 0 aliphatic heterocycles.